The van der Waals surface area contributed by atoms with Gasteiger partial charge in [-0.3, -0.25) is 0 Å². The first-order chi connectivity index (χ1) is 6.65. The van der Waals surface area contributed by atoms with Crippen LogP contribution in [0.1, 0.15) is 13.8 Å². The molecule has 0 aliphatic heterocycles. The summed E-state index contributed by atoms with van der Waals surface area (Å²) in [6, 6.07) is 5.86. The van der Waals surface area contributed by atoms with Crippen molar-refractivity contribution in [2.45, 2.75) is 13.8 Å². The molecule has 0 fully saturated rings. The highest BCUT2D eigenvalue weighted by molar-refractivity contribution is 6.36. The fourth-order valence-corrected chi connectivity index (χ4v) is 1.23. The van der Waals surface area contributed by atoms with E-state index < -0.39 is 0 Å². The van der Waals surface area contributed by atoms with Crippen LogP contribution in [0.2, 0.25) is 0 Å². The van der Waals surface area contributed by atoms with Crippen molar-refractivity contribution in [2.75, 3.05) is 13.7 Å². The molecule has 1 aromatic rings. The average Bonchev–Trinajstić information content (AvgIpc) is 2.16. The Hall–Kier alpha value is -1.12. The van der Waals surface area contributed by atoms with Crippen molar-refractivity contribution in [3.05, 3.63) is 18.2 Å². The number of ether oxygens (including phenoxy) is 2. The molecule has 0 spiro atoms. The number of methoxy groups -OCH3 is 1. The average molecular weight is 192 g/mol. The van der Waals surface area contributed by atoms with Crippen molar-refractivity contribution in [2.24, 2.45) is 5.92 Å². The highest BCUT2D eigenvalue weighted by Gasteiger charge is 2.05. The SMILES string of the molecule is Bc1c(OC)cccc1OCC(C)C. The Labute approximate surface area is 86.6 Å². The zero-order chi connectivity index (χ0) is 10.6. The van der Waals surface area contributed by atoms with E-state index in [0.29, 0.717) is 5.92 Å². The minimum Gasteiger partial charge on any atom is -0.497 e. The molecule has 0 N–H and O–H groups in total. The van der Waals surface area contributed by atoms with Crippen molar-refractivity contribution in [3.63, 3.8) is 0 Å². The molecule has 1 rings (SSSR count). The summed E-state index contributed by atoms with van der Waals surface area (Å²) >= 11 is 0. The number of hydrogen-bond acceptors (Lipinski definition) is 2. The normalized spacial score (nSPS) is 10.3. The van der Waals surface area contributed by atoms with Gasteiger partial charge in [0.05, 0.1) is 13.7 Å². The zero-order valence-electron chi connectivity index (χ0n) is 9.33. The first-order valence-electron chi connectivity index (χ1n) is 4.91. The molecule has 0 amide bonds. The Bertz CT molecular complexity index is 297. The topological polar surface area (TPSA) is 18.5 Å². The Morgan fingerprint density at radius 1 is 1.29 bits per heavy atom. The Morgan fingerprint density at radius 3 is 2.50 bits per heavy atom. The van der Waals surface area contributed by atoms with Crippen LogP contribution in [0.4, 0.5) is 0 Å². The van der Waals surface area contributed by atoms with E-state index in [0.717, 1.165) is 23.6 Å². The van der Waals surface area contributed by atoms with Crippen LogP contribution in [0.5, 0.6) is 11.5 Å². The fraction of sp³-hybridized carbons (Fsp3) is 0.455. The quantitative estimate of drug-likeness (QED) is 0.662. The molecule has 0 bridgehead atoms. The van der Waals surface area contributed by atoms with Crippen LogP contribution in [-0.4, -0.2) is 21.6 Å². The van der Waals surface area contributed by atoms with Crippen molar-refractivity contribution >= 4 is 13.3 Å². The van der Waals surface area contributed by atoms with Gasteiger partial charge in [-0.2, -0.15) is 0 Å². The first-order valence-corrected chi connectivity index (χ1v) is 4.91. The van der Waals surface area contributed by atoms with E-state index in [9.17, 15) is 0 Å². The van der Waals surface area contributed by atoms with E-state index in [1.165, 1.54) is 0 Å². The number of benzene rings is 1. The summed E-state index contributed by atoms with van der Waals surface area (Å²) < 4.78 is 10.9. The Balaban J connectivity index is 2.76. The van der Waals surface area contributed by atoms with E-state index in [4.69, 9.17) is 9.47 Å². The molecule has 0 saturated carbocycles. The van der Waals surface area contributed by atoms with Crippen LogP contribution in [0.15, 0.2) is 18.2 Å². The van der Waals surface area contributed by atoms with Crippen molar-refractivity contribution in [3.8, 4) is 11.5 Å². The minimum absolute atomic E-state index is 0.542. The van der Waals surface area contributed by atoms with Gasteiger partial charge in [0, 0.05) is 0 Å². The number of rotatable bonds is 4. The monoisotopic (exact) mass is 192 g/mol. The van der Waals surface area contributed by atoms with E-state index in [1.54, 1.807) is 7.11 Å². The summed E-state index contributed by atoms with van der Waals surface area (Å²) in [6.45, 7) is 5.01. The molecule has 0 atom stereocenters. The molecular weight excluding hydrogens is 175 g/mol. The van der Waals surface area contributed by atoms with Crippen molar-refractivity contribution < 1.29 is 9.47 Å². The summed E-state index contributed by atoms with van der Waals surface area (Å²) in [7, 11) is 3.68. The molecule has 0 saturated heterocycles. The summed E-state index contributed by atoms with van der Waals surface area (Å²) in [6.07, 6.45) is 0. The van der Waals surface area contributed by atoms with Gasteiger partial charge in [-0.15, -0.1) is 0 Å². The molecule has 76 valence electrons. The van der Waals surface area contributed by atoms with Crippen molar-refractivity contribution in [1.82, 2.24) is 0 Å². The van der Waals surface area contributed by atoms with Gasteiger partial charge in [0.2, 0.25) is 0 Å². The molecule has 0 aliphatic carbocycles. The Morgan fingerprint density at radius 2 is 1.93 bits per heavy atom. The van der Waals surface area contributed by atoms with Crippen LogP contribution in [0, 0.1) is 5.92 Å². The lowest BCUT2D eigenvalue weighted by Gasteiger charge is -2.13. The molecule has 0 unspecified atom stereocenters. The van der Waals surface area contributed by atoms with E-state index in [1.807, 2.05) is 26.0 Å². The summed E-state index contributed by atoms with van der Waals surface area (Å²) in [5.41, 5.74) is 1.07. The highest BCUT2D eigenvalue weighted by atomic mass is 16.5. The largest absolute Gasteiger partial charge is 0.497 e. The molecule has 0 aliphatic rings. The lowest BCUT2D eigenvalue weighted by molar-refractivity contribution is 0.272. The van der Waals surface area contributed by atoms with Gasteiger partial charge in [0.15, 0.2) is 0 Å². The first kappa shape index (κ1) is 11.0. The maximum absolute atomic E-state index is 5.66. The molecular formula is C11H17BO2. The Kier molecular flexibility index (Phi) is 3.87. The van der Waals surface area contributed by atoms with Crippen LogP contribution in [0.25, 0.3) is 0 Å². The second-order valence-electron chi connectivity index (χ2n) is 3.79. The lowest BCUT2D eigenvalue weighted by atomic mass is 9.94. The highest BCUT2D eigenvalue weighted by Crippen LogP contribution is 2.15. The van der Waals surface area contributed by atoms with E-state index in [2.05, 4.69) is 13.8 Å². The maximum atomic E-state index is 5.66. The fourth-order valence-electron chi connectivity index (χ4n) is 1.23. The maximum Gasteiger partial charge on any atom is 0.149 e. The minimum atomic E-state index is 0.542. The van der Waals surface area contributed by atoms with Gasteiger partial charge in [0.1, 0.15) is 19.3 Å². The second-order valence-corrected chi connectivity index (χ2v) is 3.79. The smallest absolute Gasteiger partial charge is 0.149 e. The molecule has 0 aromatic heterocycles. The standard InChI is InChI=1S/C11H17BO2/c1-8(2)7-14-10-6-4-5-9(13-3)11(10)12/h4-6,8H,7,12H2,1-3H3. The molecule has 14 heavy (non-hydrogen) atoms. The molecule has 3 heteroatoms. The van der Waals surface area contributed by atoms with Gasteiger partial charge >= 0.3 is 0 Å². The number of hydrogen-bond donors (Lipinski definition) is 0. The third-order valence-electron chi connectivity index (χ3n) is 2.03. The lowest BCUT2D eigenvalue weighted by Crippen LogP contribution is -2.14. The van der Waals surface area contributed by atoms with Gasteiger partial charge in [-0.05, 0) is 23.5 Å². The summed E-state index contributed by atoms with van der Waals surface area (Å²) in [5.74, 6) is 2.34. The van der Waals surface area contributed by atoms with Gasteiger partial charge in [0.25, 0.3) is 0 Å². The van der Waals surface area contributed by atoms with Crippen LogP contribution in [0.3, 0.4) is 0 Å². The van der Waals surface area contributed by atoms with Gasteiger partial charge in [-0.25, -0.2) is 0 Å². The summed E-state index contributed by atoms with van der Waals surface area (Å²) in [4.78, 5) is 0. The van der Waals surface area contributed by atoms with Gasteiger partial charge in [-0.1, -0.05) is 19.9 Å². The van der Waals surface area contributed by atoms with Crippen LogP contribution >= 0.6 is 0 Å². The predicted molar refractivity (Wildman–Crippen MR) is 61.5 cm³/mol. The van der Waals surface area contributed by atoms with E-state index in [-0.39, 0.29) is 0 Å². The molecule has 0 heterocycles. The van der Waals surface area contributed by atoms with Crippen LogP contribution in [-0.2, 0) is 0 Å². The predicted octanol–water partition coefficient (Wildman–Crippen LogP) is 0.988. The third kappa shape index (κ3) is 2.69. The van der Waals surface area contributed by atoms with E-state index >= 15 is 0 Å². The molecule has 2 nitrogen and oxygen atoms in total. The third-order valence-corrected chi connectivity index (χ3v) is 2.03. The second kappa shape index (κ2) is 4.94. The van der Waals surface area contributed by atoms with Crippen LogP contribution < -0.4 is 14.9 Å². The van der Waals surface area contributed by atoms with Gasteiger partial charge < -0.3 is 9.47 Å². The molecule has 1 aromatic carbocycles. The zero-order valence-corrected chi connectivity index (χ0v) is 9.33. The summed E-state index contributed by atoms with van der Waals surface area (Å²) in [5, 5.41) is 0. The molecule has 0 radical (unpaired) electrons. The van der Waals surface area contributed by atoms with Crippen molar-refractivity contribution in [1.29, 1.82) is 0 Å².